The van der Waals surface area contributed by atoms with Crippen LogP contribution >= 0.6 is 11.8 Å². The second-order valence-electron chi connectivity index (χ2n) is 9.66. The lowest BCUT2D eigenvalue weighted by Crippen LogP contribution is -2.45. The standard InChI is InChI=1S/C29H25FN8O2S/c1-36-12-14-37(15-13-36)28-33-26(34-29(35-28)40-24-11-2-19(16-31)17-32-24)20-5-9-23(10-6-20)38-25(39)18-41-27(38)21-3-7-22(30)8-4-21/h2-11,17,27H,12-15,18H2,1H3. The Labute approximate surface area is 240 Å². The maximum absolute atomic E-state index is 13.5. The highest BCUT2D eigenvalue weighted by Crippen LogP contribution is 2.42. The summed E-state index contributed by atoms with van der Waals surface area (Å²) >= 11 is 1.51. The SMILES string of the molecule is CN1CCN(c2nc(Oc3ccc(C#N)cn3)nc(-c3ccc(N4C(=O)CSC4c4ccc(F)cc4)cc3)n2)CC1. The fourth-order valence-corrected chi connectivity index (χ4v) is 5.79. The molecule has 2 fully saturated rings. The van der Waals surface area contributed by atoms with Gasteiger partial charge in [-0.2, -0.15) is 20.2 Å². The van der Waals surface area contributed by atoms with Gasteiger partial charge in [0.05, 0.1) is 11.3 Å². The summed E-state index contributed by atoms with van der Waals surface area (Å²) in [5.74, 6) is 1.19. The monoisotopic (exact) mass is 568 g/mol. The maximum Gasteiger partial charge on any atom is 0.328 e. The topological polar surface area (TPSA) is 111 Å². The number of thioether (sulfide) groups is 1. The van der Waals surface area contributed by atoms with Gasteiger partial charge in [-0.25, -0.2) is 9.37 Å². The van der Waals surface area contributed by atoms with Crippen LogP contribution in [0.5, 0.6) is 11.9 Å². The number of piperazine rings is 1. The minimum absolute atomic E-state index is 0.0137. The number of carbonyl (C=O) groups is 1. The molecule has 1 atom stereocenters. The first-order chi connectivity index (χ1) is 20.0. The number of amides is 1. The van der Waals surface area contributed by atoms with Gasteiger partial charge < -0.3 is 14.5 Å². The number of halogens is 1. The van der Waals surface area contributed by atoms with Gasteiger partial charge in [0.25, 0.3) is 0 Å². The summed E-state index contributed by atoms with van der Waals surface area (Å²) in [6, 6.07) is 19.0. The molecular weight excluding hydrogens is 543 g/mol. The van der Waals surface area contributed by atoms with E-state index in [0.29, 0.717) is 23.1 Å². The molecule has 6 rings (SSSR count). The largest absolute Gasteiger partial charge is 0.405 e. The van der Waals surface area contributed by atoms with Crippen molar-refractivity contribution in [1.29, 1.82) is 5.26 Å². The molecule has 41 heavy (non-hydrogen) atoms. The predicted molar refractivity (Wildman–Crippen MR) is 153 cm³/mol. The molecule has 2 aromatic carbocycles. The third kappa shape index (κ3) is 5.82. The van der Waals surface area contributed by atoms with Gasteiger partial charge in [0.15, 0.2) is 5.82 Å². The quantitative estimate of drug-likeness (QED) is 0.334. The fourth-order valence-electron chi connectivity index (χ4n) is 4.62. The lowest BCUT2D eigenvalue weighted by atomic mass is 10.1. The number of rotatable bonds is 6. The molecule has 2 aromatic heterocycles. The fraction of sp³-hybridized carbons (Fsp3) is 0.241. The Bertz CT molecular complexity index is 1590. The van der Waals surface area contributed by atoms with Crippen LogP contribution < -0.4 is 14.5 Å². The minimum Gasteiger partial charge on any atom is -0.405 e. The molecule has 12 heteroatoms. The highest BCUT2D eigenvalue weighted by molar-refractivity contribution is 8.00. The molecule has 2 saturated heterocycles. The Balaban J connectivity index is 1.30. The number of benzene rings is 2. The smallest absolute Gasteiger partial charge is 0.328 e. The van der Waals surface area contributed by atoms with E-state index in [9.17, 15) is 9.18 Å². The Hall–Kier alpha value is -4.60. The van der Waals surface area contributed by atoms with Gasteiger partial charge in [0.2, 0.25) is 17.7 Å². The van der Waals surface area contributed by atoms with Gasteiger partial charge in [-0.15, -0.1) is 11.8 Å². The van der Waals surface area contributed by atoms with Crippen LogP contribution in [0.3, 0.4) is 0 Å². The molecule has 1 unspecified atom stereocenters. The molecule has 206 valence electrons. The molecule has 0 saturated carbocycles. The van der Waals surface area contributed by atoms with Gasteiger partial charge in [0, 0.05) is 49.7 Å². The Kier molecular flexibility index (Phi) is 7.45. The van der Waals surface area contributed by atoms with E-state index in [4.69, 9.17) is 15.0 Å². The molecule has 0 aliphatic carbocycles. The lowest BCUT2D eigenvalue weighted by molar-refractivity contribution is -0.115. The number of pyridine rings is 1. The van der Waals surface area contributed by atoms with Crippen LogP contribution in [0.1, 0.15) is 16.5 Å². The van der Waals surface area contributed by atoms with Crippen molar-refractivity contribution in [2.45, 2.75) is 5.37 Å². The summed E-state index contributed by atoms with van der Waals surface area (Å²) in [6.07, 6.45) is 1.43. The van der Waals surface area contributed by atoms with Crippen molar-refractivity contribution in [3.05, 3.63) is 83.8 Å². The third-order valence-electron chi connectivity index (χ3n) is 6.88. The molecule has 4 aromatic rings. The molecule has 2 aliphatic rings. The summed E-state index contributed by atoms with van der Waals surface area (Å²) < 4.78 is 19.4. The number of anilines is 2. The zero-order chi connectivity index (χ0) is 28.3. The summed E-state index contributed by atoms with van der Waals surface area (Å²) in [5, 5.41) is 8.82. The highest BCUT2D eigenvalue weighted by Gasteiger charge is 2.34. The zero-order valence-electron chi connectivity index (χ0n) is 22.1. The number of ether oxygens (including phenoxy) is 1. The maximum atomic E-state index is 13.5. The van der Waals surface area contributed by atoms with E-state index in [0.717, 1.165) is 43.0 Å². The first kappa shape index (κ1) is 26.6. The summed E-state index contributed by atoms with van der Waals surface area (Å²) in [5.41, 5.74) is 2.73. The Morgan fingerprint density at radius 1 is 0.976 bits per heavy atom. The van der Waals surface area contributed by atoms with Gasteiger partial charge >= 0.3 is 6.01 Å². The van der Waals surface area contributed by atoms with Crippen LogP contribution in [0.4, 0.5) is 16.0 Å². The van der Waals surface area contributed by atoms with Gasteiger partial charge in [-0.1, -0.05) is 12.1 Å². The second-order valence-corrected chi connectivity index (χ2v) is 10.7. The first-order valence-electron chi connectivity index (χ1n) is 13.0. The summed E-state index contributed by atoms with van der Waals surface area (Å²) in [7, 11) is 2.08. The van der Waals surface area contributed by atoms with Crippen molar-refractivity contribution in [2.24, 2.45) is 0 Å². The van der Waals surface area contributed by atoms with E-state index in [-0.39, 0.29) is 29.0 Å². The molecule has 2 aliphatic heterocycles. The Morgan fingerprint density at radius 3 is 2.41 bits per heavy atom. The molecule has 1 amide bonds. The van der Waals surface area contributed by atoms with E-state index in [2.05, 4.69) is 31.8 Å². The van der Waals surface area contributed by atoms with Crippen molar-refractivity contribution in [2.75, 3.05) is 48.8 Å². The highest BCUT2D eigenvalue weighted by atomic mass is 32.2. The molecule has 4 heterocycles. The molecule has 0 spiro atoms. The number of nitriles is 1. The van der Waals surface area contributed by atoms with Gasteiger partial charge in [-0.05, 0) is 55.1 Å². The van der Waals surface area contributed by atoms with Crippen molar-refractivity contribution < 1.29 is 13.9 Å². The van der Waals surface area contributed by atoms with Crippen LogP contribution in [0.25, 0.3) is 11.4 Å². The van der Waals surface area contributed by atoms with Crippen molar-refractivity contribution in [3.63, 3.8) is 0 Å². The van der Waals surface area contributed by atoms with E-state index in [1.165, 1.54) is 30.1 Å². The first-order valence-corrected chi connectivity index (χ1v) is 14.0. The molecule has 0 N–H and O–H groups in total. The number of carbonyl (C=O) groups excluding carboxylic acids is 1. The van der Waals surface area contributed by atoms with E-state index in [1.54, 1.807) is 29.2 Å². The van der Waals surface area contributed by atoms with E-state index < -0.39 is 0 Å². The summed E-state index contributed by atoms with van der Waals surface area (Å²) in [4.78, 5) is 36.9. The van der Waals surface area contributed by atoms with Crippen molar-refractivity contribution >= 4 is 29.3 Å². The van der Waals surface area contributed by atoms with Crippen LogP contribution in [-0.2, 0) is 4.79 Å². The van der Waals surface area contributed by atoms with Crippen LogP contribution in [0, 0.1) is 17.1 Å². The zero-order valence-corrected chi connectivity index (χ0v) is 23.0. The van der Waals surface area contributed by atoms with Crippen molar-refractivity contribution in [1.82, 2.24) is 24.8 Å². The van der Waals surface area contributed by atoms with Crippen LogP contribution in [0.2, 0.25) is 0 Å². The molecule has 0 radical (unpaired) electrons. The van der Waals surface area contributed by atoms with Crippen LogP contribution in [-0.4, -0.2) is 69.7 Å². The van der Waals surface area contributed by atoms with E-state index >= 15 is 0 Å². The molecular formula is C29H25FN8O2S. The lowest BCUT2D eigenvalue weighted by Gasteiger charge is -2.32. The number of likely N-dealkylation sites (N-methyl/N-ethyl adjacent to an activating group) is 1. The molecule has 10 nitrogen and oxygen atoms in total. The minimum atomic E-state index is -0.314. The average Bonchev–Trinajstić information content (AvgIpc) is 3.39. The van der Waals surface area contributed by atoms with E-state index in [1.807, 2.05) is 30.3 Å². The van der Waals surface area contributed by atoms with Crippen molar-refractivity contribution in [3.8, 4) is 29.3 Å². The van der Waals surface area contributed by atoms with Gasteiger partial charge in [0.1, 0.15) is 17.3 Å². The normalized spacial score (nSPS) is 17.5. The number of aromatic nitrogens is 4. The molecule has 0 bridgehead atoms. The van der Waals surface area contributed by atoms with Gasteiger partial charge in [-0.3, -0.25) is 9.69 Å². The predicted octanol–water partition coefficient (Wildman–Crippen LogP) is 4.27. The number of hydrogen-bond donors (Lipinski definition) is 0. The summed E-state index contributed by atoms with van der Waals surface area (Å²) in [6.45, 7) is 3.26. The second kappa shape index (κ2) is 11.5. The number of hydrogen-bond acceptors (Lipinski definition) is 10. The third-order valence-corrected chi connectivity index (χ3v) is 8.09. The Morgan fingerprint density at radius 2 is 1.73 bits per heavy atom. The number of nitrogens with zero attached hydrogens (tertiary/aromatic N) is 8. The average molecular weight is 569 g/mol. The van der Waals surface area contributed by atoms with Crippen LogP contribution in [0.15, 0.2) is 66.9 Å².